The fourth-order valence-corrected chi connectivity index (χ4v) is 1.27. The summed E-state index contributed by atoms with van der Waals surface area (Å²) in [5.41, 5.74) is 6.28. The monoisotopic (exact) mass is 276 g/mol. The summed E-state index contributed by atoms with van der Waals surface area (Å²) in [7, 11) is 0. The van der Waals surface area contributed by atoms with Crippen LogP contribution >= 0.6 is 24.0 Å². The fourth-order valence-electron chi connectivity index (χ4n) is 1.15. The van der Waals surface area contributed by atoms with Crippen LogP contribution in [0, 0.1) is 5.41 Å². The summed E-state index contributed by atoms with van der Waals surface area (Å²) >= 11 is 5.75. The second-order valence-corrected chi connectivity index (χ2v) is 5.28. The summed E-state index contributed by atoms with van der Waals surface area (Å²) in [5.74, 6) is -0.185. The molecule has 0 radical (unpaired) electrons. The van der Waals surface area contributed by atoms with Gasteiger partial charge in [0.2, 0.25) is 5.91 Å². The topological polar surface area (TPSA) is 55.1 Å². The van der Waals surface area contributed by atoms with Gasteiger partial charge in [-0.05, 0) is 29.7 Å². The van der Waals surface area contributed by atoms with E-state index in [4.69, 9.17) is 17.3 Å². The molecule has 0 bridgehead atoms. The van der Waals surface area contributed by atoms with E-state index in [1.807, 2.05) is 20.8 Å². The van der Waals surface area contributed by atoms with Crippen LogP contribution in [0.25, 0.3) is 0 Å². The quantitative estimate of drug-likeness (QED) is 0.872. The maximum atomic E-state index is 11.8. The first kappa shape index (κ1) is 16.2. The number of benzene rings is 1. The zero-order chi connectivity index (χ0) is 12.3. The number of halogens is 2. The van der Waals surface area contributed by atoms with Gasteiger partial charge < -0.3 is 11.1 Å². The normalized spacial score (nSPS) is 12.5. The van der Waals surface area contributed by atoms with Crippen LogP contribution in [0.3, 0.4) is 0 Å². The Morgan fingerprint density at radius 1 is 1.29 bits per heavy atom. The molecule has 0 aliphatic rings. The number of carbonyl (C=O) groups excluding carboxylic acids is 1. The Hall–Kier alpha value is -0.770. The highest BCUT2D eigenvalue weighted by Gasteiger charge is 2.27. The molecule has 0 unspecified atom stereocenters. The summed E-state index contributed by atoms with van der Waals surface area (Å²) in [6.07, 6.45) is 0. The lowest BCUT2D eigenvalue weighted by atomic mass is 9.87. The Morgan fingerprint density at radius 3 is 2.18 bits per heavy atom. The standard InChI is InChI=1S/C12H17ClN2O.ClH/c1-12(2,3)10(14)11(16)15-9-6-4-8(13)5-7-9;/h4-7,10H,14H2,1-3H3,(H,15,16);1H/t10-;/m1./s1. The van der Waals surface area contributed by atoms with Crippen molar-refractivity contribution >= 4 is 35.6 Å². The van der Waals surface area contributed by atoms with Crippen LogP contribution in [0.15, 0.2) is 24.3 Å². The minimum absolute atomic E-state index is 0. The predicted molar refractivity (Wildman–Crippen MR) is 74.8 cm³/mol. The number of hydrogen-bond donors (Lipinski definition) is 2. The largest absolute Gasteiger partial charge is 0.325 e. The van der Waals surface area contributed by atoms with Crippen LogP contribution in [0.5, 0.6) is 0 Å². The van der Waals surface area contributed by atoms with Crippen LogP contribution in [0.1, 0.15) is 20.8 Å². The molecule has 17 heavy (non-hydrogen) atoms. The average molecular weight is 277 g/mol. The molecule has 1 aromatic carbocycles. The Balaban J connectivity index is 0.00000256. The summed E-state index contributed by atoms with van der Waals surface area (Å²) in [4.78, 5) is 11.8. The van der Waals surface area contributed by atoms with E-state index in [0.29, 0.717) is 10.7 Å². The molecule has 0 aromatic heterocycles. The Bertz CT molecular complexity index is 371. The molecule has 1 amide bonds. The van der Waals surface area contributed by atoms with Crippen molar-refractivity contribution in [1.29, 1.82) is 0 Å². The Labute approximate surface area is 113 Å². The molecular weight excluding hydrogens is 259 g/mol. The van der Waals surface area contributed by atoms with E-state index < -0.39 is 6.04 Å². The maximum Gasteiger partial charge on any atom is 0.241 e. The zero-order valence-electron chi connectivity index (χ0n) is 10.2. The van der Waals surface area contributed by atoms with Gasteiger partial charge in [0.1, 0.15) is 0 Å². The van der Waals surface area contributed by atoms with E-state index in [-0.39, 0.29) is 23.7 Å². The highest BCUT2D eigenvalue weighted by molar-refractivity contribution is 6.30. The van der Waals surface area contributed by atoms with Crippen molar-refractivity contribution < 1.29 is 4.79 Å². The molecule has 1 atom stereocenters. The SMILES string of the molecule is CC(C)(C)[C@H](N)C(=O)Nc1ccc(Cl)cc1.Cl. The van der Waals surface area contributed by atoms with Gasteiger partial charge in [0.05, 0.1) is 6.04 Å². The van der Waals surface area contributed by atoms with E-state index in [1.165, 1.54) is 0 Å². The lowest BCUT2D eigenvalue weighted by Gasteiger charge is -2.25. The predicted octanol–water partition coefficient (Wildman–Crippen LogP) is 3.07. The molecule has 1 rings (SSSR count). The second kappa shape index (κ2) is 6.24. The maximum absolute atomic E-state index is 11.8. The molecule has 96 valence electrons. The number of amides is 1. The third-order valence-electron chi connectivity index (χ3n) is 2.33. The fraction of sp³-hybridized carbons (Fsp3) is 0.417. The number of anilines is 1. The van der Waals surface area contributed by atoms with E-state index in [1.54, 1.807) is 24.3 Å². The van der Waals surface area contributed by atoms with Crippen LogP contribution < -0.4 is 11.1 Å². The van der Waals surface area contributed by atoms with Crippen molar-refractivity contribution in [2.24, 2.45) is 11.1 Å². The van der Waals surface area contributed by atoms with Gasteiger partial charge in [0.15, 0.2) is 0 Å². The van der Waals surface area contributed by atoms with Crippen molar-refractivity contribution in [3.8, 4) is 0 Å². The van der Waals surface area contributed by atoms with Crippen LogP contribution in [-0.4, -0.2) is 11.9 Å². The number of nitrogens with two attached hydrogens (primary N) is 1. The number of hydrogen-bond acceptors (Lipinski definition) is 2. The van der Waals surface area contributed by atoms with Crippen molar-refractivity contribution in [2.45, 2.75) is 26.8 Å². The van der Waals surface area contributed by atoms with Gasteiger partial charge in [-0.25, -0.2) is 0 Å². The van der Waals surface area contributed by atoms with Crippen molar-refractivity contribution in [3.05, 3.63) is 29.3 Å². The van der Waals surface area contributed by atoms with Gasteiger partial charge in [-0.15, -0.1) is 12.4 Å². The lowest BCUT2D eigenvalue weighted by molar-refractivity contribution is -0.119. The first-order valence-corrected chi connectivity index (χ1v) is 5.50. The molecule has 0 saturated carbocycles. The second-order valence-electron chi connectivity index (χ2n) is 4.84. The molecule has 5 heteroatoms. The molecule has 3 N–H and O–H groups in total. The number of rotatable bonds is 2. The molecule has 3 nitrogen and oxygen atoms in total. The van der Waals surface area contributed by atoms with Gasteiger partial charge in [-0.2, -0.15) is 0 Å². The molecule has 0 aliphatic carbocycles. The molecule has 0 aliphatic heterocycles. The number of nitrogens with one attached hydrogen (secondary N) is 1. The van der Waals surface area contributed by atoms with Crippen molar-refractivity contribution in [2.75, 3.05) is 5.32 Å². The van der Waals surface area contributed by atoms with Gasteiger partial charge in [-0.1, -0.05) is 32.4 Å². The summed E-state index contributed by atoms with van der Waals surface area (Å²) in [6.45, 7) is 5.79. The summed E-state index contributed by atoms with van der Waals surface area (Å²) in [6, 6.07) is 6.40. The molecule has 0 spiro atoms. The Morgan fingerprint density at radius 2 is 1.76 bits per heavy atom. The highest BCUT2D eigenvalue weighted by atomic mass is 35.5. The number of carbonyl (C=O) groups is 1. The summed E-state index contributed by atoms with van der Waals surface area (Å²) < 4.78 is 0. The third kappa shape index (κ3) is 4.94. The highest BCUT2D eigenvalue weighted by Crippen LogP contribution is 2.19. The van der Waals surface area contributed by atoms with Gasteiger partial charge in [0, 0.05) is 10.7 Å². The average Bonchev–Trinajstić information content (AvgIpc) is 2.19. The molecule has 0 saturated heterocycles. The smallest absolute Gasteiger partial charge is 0.241 e. The van der Waals surface area contributed by atoms with Crippen LogP contribution in [-0.2, 0) is 4.79 Å². The van der Waals surface area contributed by atoms with Crippen LogP contribution in [0.2, 0.25) is 5.02 Å². The lowest BCUT2D eigenvalue weighted by Crippen LogP contribution is -2.45. The van der Waals surface area contributed by atoms with E-state index in [9.17, 15) is 4.79 Å². The molecular formula is C12H18Cl2N2O. The Kier molecular flexibility index (Phi) is 5.96. The van der Waals surface area contributed by atoms with E-state index in [0.717, 1.165) is 0 Å². The summed E-state index contributed by atoms with van der Waals surface area (Å²) in [5, 5.41) is 3.39. The van der Waals surface area contributed by atoms with Crippen molar-refractivity contribution in [3.63, 3.8) is 0 Å². The van der Waals surface area contributed by atoms with Gasteiger partial charge >= 0.3 is 0 Å². The van der Waals surface area contributed by atoms with E-state index in [2.05, 4.69) is 5.32 Å². The minimum atomic E-state index is -0.539. The molecule has 0 heterocycles. The first-order chi connectivity index (χ1) is 7.30. The molecule has 1 aromatic rings. The zero-order valence-corrected chi connectivity index (χ0v) is 11.7. The third-order valence-corrected chi connectivity index (χ3v) is 2.58. The van der Waals surface area contributed by atoms with Gasteiger partial charge in [0.25, 0.3) is 0 Å². The van der Waals surface area contributed by atoms with Crippen LogP contribution in [0.4, 0.5) is 5.69 Å². The van der Waals surface area contributed by atoms with Crippen molar-refractivity contribution in [1.82, 2.24) is 0 Å². The minimum Gasteiger partial charge on any atom is -0.325 e. The van der Waals surface area contributed by atoms with Gasteiger partial charge in [-0.3, -0.25) is 4.79 Å². The first-order valence-electron chi connectivity index (χ1n) is 5.13. The molecule has 0 fully saturated rings. The van der Waals surface area contributed by atoms with E-state index >= 15 is 0 Å².